The van der Waals surface area contributed by atoms with Crippen LogP contribution < -0.4 is 5.32 Å². The van der Waals surface area contributed by atoms with Gasteiger partial charge in [-0.15, -0.1) is 10.2 Å². The molecule has 1 N–H and O–H groups in total. The zero-order valence-electron chi connectivity index (χ0n) is 10.3. The smallest absolute Gasteiger partial charge is 0.253 e. The zero-order valence-corrected chi connectivity index (χ0v) is 10.3. The molecule has 1 aliphatic heterocycles. The molecule has 1 aromatic carbocycles. The molecular formula is C13H14N4O. The fourth-order valence-electron chi connectivity index (χ4n) is 2.20. The van der Waals surface area contributed by atoms with Crippen LogP contribution in [0.25, 0.3) is 5.69 Å². The number of hydrogen-bond donors (Lipinski definition) is 1. The van der Waals surface area contributed by atoms with Gasteiger partial charge in [0.05, 0.1) is 17.8 Å². The van der Waals surface area contributed by atoms with Gasteiger partial charge >= 0.3 is 0 Å². The summed E-state index contributed by atoms with van der Waals surface area (Å²) >= 11 is 0. The van der Waals surface area contributed by atoms with Crippen molar-refractivity contribution >= 4 is 5.91 Å². The molecule has 5 nitrogen and oxygen atoms in total. The van der Waals surface area contributed by atoms with Crippen molar-refractivity contribution in [2.24, 2.45) is 0 Å². The highest BCUT2D eigenvalue weighted by Gasteiger charge is 2.24. The normalized spacial score (nSPS) is 13.8. The Morgan fingerprint density at radius 1 is 1.28 bits per heavy atom. The van der Waals surface area contributed by atoms with Crippen LogP contribution in [0.4, 0.5) is 0 Å². The van der Waals surface area contributed by atoms with E-state index in [1.807, 2.05) is 28.8 Å². The molecule has 3 rings (SSSR count). The van der Waals surface area contributed by atoms with E-state index in [0.717, 1.165) is 17.3 Å². The molecule has 5 heteroatoms. The Morgan fingerprint density at radius 2 is 2.06 bits per heavy atom. The van der Waals surface area contributed by atoms with Gasteiger partial charge in [0, 0.05) is 5.92 Å². The van der Waals surface area contributed by atoms with Gasteiger partial charge in [0.15, 0.2) is 5.82 Å². The number of para-hydroxylation sites is 1. The third-order valence-corrected chi connectivity index (χ3v) is 3.07. The Bertz CT molecular complexity index is 615. The largest absolute Gasteiger partial charge is 0.345 e. The Balaban J connectivity index is 2.31. The molecule has 0 saturated carbocycles. The van der Waals surface area contributed by atoms with E-state index in [-0.39, 0.29) is 11.8 Å². The van der Waals surface area contributed by atoms with E-state index in [0.29, 0.717) is 12.1 Å². The van der Waals surface area contributed by atoms with Crippen LogP contribution in [0.1, 0.15) is 41.8 Å². The first-order chi connectivity index (χ1) is 8.68. The SMILES string of the molecule is CC(C)c1nnc2n1-c1ccccc1C(=O)NC2. The van der Waals surface area contributed by atoms with E-state index in [2.05, 4.69) is 29.4 Å². The van der Waals surface area contributed by atoms with Crippen LogP contribution >= 0.6 is 0 Å². The molecule has 0 spiro atoms. The zero-order chi connectivity index (χ0) is 12.7. The Kier molecular flexibility index (Phi) is 2.40. The van der Waals surface area contributed by atoms with E-state index in [1.54, 1.807) is 0 Å². The third kappa shape index (κ3) is 1.51. The van der Waals surface area contributed by atoms with Crippen LogP contribution in [0.2, 0.25) is 0 Å². The van der Waals surface area contributed by atoms with E-state index < -0.39 is 0 Å². The first-order valence-electron chi connectivity index (χ1n) is 6.00. The van der Waals surface area contributed by atoms with Crippen LogP contribution in [0.3, 0.4) is 0 Å². The summed E-state index contributed by atoms with van der Waals surface area (Å²) in [4.78, 5) is 12.0. The van der Waals surface area contributed by atoms with E-state index in [9.17, 15) is 4.79 Å². The monoisotopic (exact) mass is 242 g/mol. The molecule has 1 amide bonds. The summed E-state index contributed by atoms with van der Waals surface area (Å²) < 4.78 is 1.98. The molecule has 2 aromatic rings. The minimum Gasteiger partial charge on any atom is -0.345 e. The lowest BCUT2D eigenvalue weighted by atomic mass is 10.1. The summed E-state index contributed by atoms with van der Waals surface area (Å²) in [6, 6.07) is 7.54. The number of fused-ring (bicyclic) bond motifs is 3. The second kappa shape index (κ2) is 3.94. The Labute approximate surface area is 105 Å². The molecule has 0 bridgehead atoms. The molecule has 18 heavy (non-hydrogen) atoms. The fraction of sp³-hybridized carbons (Fsp3) is 0.308. The first-order valence-corrected chi connectivity index (χ1v) is 6.00. The maximum atomic E-state index is 12.0. The number of benzene rings is 1. The van der Waals surface area contributed by atoms with E-state index in [1.165, 1.54) is 0 Å². The molecule has 1 aromatic heterocycles. The molecule has 0 saturated heterocycles. The molecular weight excluding hydrogens is 228 g/mol. The number of nitrogens with zero attached hydrogens (tertiary/aromatic N) is 3. The minimum atomic E-state index is -0.0641. The Morgan fingerprint density at radius 3 is 2.83 bits per heavy atom. The quantitative estimate of drug-likeness (QED) is 0.826. The molecule has 0 unspecified atom stereocenters. The standard InChI is InChI=1S/C13H14N4O/c1-8(2)12-16-15-11-7-14-13(18)9-5-3-4-6-10(9)17(11)12/h3-6,8H,7H2,1-2H3,(H,14,18). The molecule has 0 fully saturated rings. The minimum absolute atomic E-state index is 0.0641. The predicted octanol–water partition coefficient (Wildman–Crippen LogP) is 1.63. The fourth-order valence-corrected chi connectivity index (χ4v) is 2.20. The molecule has 2 heterocycles. The number of carbonyl (C=O) groups excluding carboxylic acids is 1. The van der Waals surface area contributed by atoms with Crippen LogP contribution in [0, 0.1) is 0 Å². The van der Waals surface area contributed by atoms with Gasteiger partial charge in [0.1, 0.15) is 5.82 Å². The van der Waals surface area contributed by atoms with Crippen molar-refractivity contribution in [1.82, 2.24) is 20.1 Å². The summed E-state index contributed by atoms with van der Waals surface area (Å²) in [5.74, 6) is 1.85. The lowest BCUT2D eigenvalue weighted by molar-refractivity contribution is 0.0952. The molecule has 92 valence electrons. The average Bonchev–Trinajstić information content (AvgIpc) is 2.74. The van der Waals surface area contributed by atoms with Crippen molar-refractivity contribution in [3.05, 3.63) is 41.5 Å². The van der Waals surface area contributed by atoms with Crippen molar-refractivity contribution in [2.75, 3.05) is 0 Å². The first kappa shape index (κ1) is 11.0. The second-order valence-corrected chi connectivity index (χ2v) is 4.66. The Hall–Kier alpha value is -2.17. The van der Waals surface area contributed by atoms with Gasteiger partial charge in [-0.25, -0.2) is 0 Å². The van der Waals surface area contributed by atoms with Gasteiger partial charge in [-0.1, -0.05) is 26.0 Å². The van der Waals surface area contributed by atoms with Crippen molar-refractivity contribution in [3.63, 3.8) is 0 Å². The van der Waals surface area contributed by atoms with Crippen molar-refractivity contribution in [2.45, 2.75) is 26.3 Å². The molecule has 0 radical (unpaired) electrons. The van der Waals surface area contributed by atoms with Gasteiger partial charge in [-0.05, 0) is 12.1 Å². The van der Waals surface area contributed by atoms with E-state index in [4.69, 9.17) is 0 Å². The maximum absolute atomic E-state index is 12.0. The highest BCUT2D eigenvalue weighted by molar-refractivity contribution is 5.98. The number of carbonyl (C=O) groups is 1. The number of rotatable bonds is 1. The summed E-state index contributed by atoms with van der Waals surface area (Å²) in [5, 5.41) is 11.2. The summed E-state index contributed by atoms with van der Waals surface area (Å²) in [5.41, 5.74) is 1.52. The number of nitrogens with one attached hydrogen (secondary N) is 1. The molecule has 1 aliphatic rings. The lowest BCUT2D eigenvalue weighted by Gasteiger charge is -2.11. The number of hydrogen-bond acceptors (Lipinski definition) is 3. The summed E-state index contributed by atoms with van der Waals surface area (Å²) in [6.45, 7) is 4.55. The van der Waals surface area contributed by atoms with E-state index >= 15 is 0 Å². The van der Waals surface area contributed by atoms with Gasteiger partial charge in [-0.2, -0.15) is 0 Å². The van der Waals surface area contributed by atoms with Crippen LogP contribution in [-0.2, 0) is 6.54 Å². The third-order valence-electron chi connectivity index (χ3n) is 3.07. The van der Waals surface area contributed by atoms with Crippen LogP contribution in [0.15, 0.2) is 24.3 Å². The maximum Gasteiger partial charge on any atom is 0.253 e. The van der Waals surface area contributed by atoms with Crippen molar-refractivity contribution < 1.29 is 4.79 Å². The summed E-state index contributed by atoms with van der Waals surface area (Å²) in [6.07, 6.45) is 0. The van der Waals surface area contributed by atoms with Gasteiger partial charge in [-0.3, -0.25) is 9.36 Å². The van der Waals surface area contributed by atoms with Crippen molar-refractivity contribution in [3.8, 4) is 5.69 Å². The van der Waals surface area contributed by atoms with Crippen LogP contribution in [-0.4, -0.2) is 20.7 Å². The number of amides is 1. The van der Waals surface area contributed by atoms with Crippen LogP contribution in [0.5, 0.6) is 0 Å². The number of aromatic nitrogens is 3. The van der Waals surface area contributed by atoms with Gasteiger partial charge < -0.3 is 5.32 Å². The molecule has 0 atom stereocenters. The average molecular weight is 242 g/mol. The molecule has 0 aliphatic carbocycles. The second-order valence-electron chi connectivity index (χ2n) is 4.66. The topological polar surface area (TPSA) is 59.8 Å². The van der Waals surface area contributed by atoms with Crippen molar-refractivity contribution in [1.29, 1.82) is 0 Å². The highest BCUT2D eigenvalue weighted by atomic mass is 16.1. The highest BCUT2D eigenvalue weighted by Crippen LogP contribution is 2.24. The lowest BCUT2D eigenvalue weighted by Crippen LogP contribution is -2.21. The van der Waals surface area contributed by atoms with Gasteiger partial charge in [0.25, 0.3) is 5.91 Å². The van der Waals surface area contributed by atoms with Gasteiger partial charge in [0.2, 0.25) is 0 Å². The predicted molar refractivity (Wildman–Crippen MR) is 66.6 cm³/mol. The summed E-state index contributed by atoms with van der Waals surface area (Å²) in [7, 11) is 0.